The van der Waals surface area contributed by atoms with Gasteiger partial charge in [-0.2, -0.15) is 0 Å². The van der Waals surface area contributed by atoms with Gasteiger partial charge in [0.25, 0.3) is 0 Å². The largest absolute Gasteiger partial charge is 0.0949 e. The zero-order valence-electron chi connectivity index (χ0n) is 16.5. The molecule has 1 heteroatoms. The minimum Gasteiger partial charge on any atom is -0.0949 e. The molecule has 0 radical (unpaired) electrons. The van der Waals surface area contributed by atoms with Gasteiger partial charge in [0.2, 0.25) is 0 Å². The third kappa shape index (κ3) is 4.41. The molecule has 0 saturated heterocycles. The average Bonchev–Trinajstić information content (AvgIpc) is 2.75. The summed E-state index contributed by atoms with van der Waals surface area (Å²) < 4.78 is 1.08. The Morgan fingerprint density at radius 1 is 0.724 bits per heavy atom. The second-order valence-electron chi connectivity index (χ2n) is 7.35. The van der Waals surface area contributed by atoms with Crippen LogP contribution in [0.15, 0.2) is 108 Å². The molecule has 0 heterocycles. The van der Waals surface area contributed by atoms with Crippen molar-refractivity contribution >= 4 is 21.5 Å². The molecular formula is C28H23Br. The minimum absolute atomic E-state index is 0.821. The minimum atomic E-state index is 0.821. The number of halogens is 1. The maximum atomic E-state index is 4.45. The van der Waals surface area contributed by atoms with E-state index in [1.54, 1.807) is 0 Å². The van der Waals surface area contributed by atoms with Crippen molar-refractivity contribution in [3.8, 4) is 22.3 Å². The highest BCUT2D eigenvalue weighted by molar-refractivity contribution is 9.10. The fourth-order valence-electron chi connectivity index (χ4n) is 3.76. The average molecular weight is 439 g/mol. The number of allylic oxidation sites excluding steroid dienone is 1. The summed E-state index contributed by atoms with van der Waals surface area (Å²) in [5.74, 6) is 0. The topological polar surface area (TPSA) is 0 Å². The molecule has 0 aliphatic rings. The Balaban J connectivity index is 1.68. The van der Waals surface area contributed by atoms with Gasteiger partial charge in [-0.3, -0.25) is 0 Å². The van der Waals surface area contributed by atoms with Crippen molar-refractivity contribution in [3.63, 3.8) is 0 Å². The van der Waals surface area contributed by atoms with E-state index in [2.05, 4.69) is 126 Å². The fourth-order valence-corrected chi connectivity index (χ4v) is 4.12. The molecular weight excluding hydrogens is 416 g/mol. The van der Waals surface area contributed by atoms with E-state index in [1.165, 1.54) is 38.9 Å². The Bertz CT molecular complexity index is 1160. The number of hydrogen-bond donors (Lipinski definition) is 0. The Kier molecular flexibility index (Phi) is 5.78. The summed E-state index contributed by atoms with van der Waals surface area (Å²) in [6, 6.07) is 34.3. The molecule has 0 bridgehead atoms. The molecule has 4 rings (SSSR count). The predicted octanol–water partition coefficient (Wildman–Crippen LogP) is 8.35. The second-order valence-corrected chi connectivity index (χ2v) is 8.27. The summed E-state index contributed by atoms with van der Waals surface area (Å²) in [6.45, 7) is 6.61. The maximum Gasteiger partial charge on any atom is 0.0181 e. The summed E-state index contributed by atoms with van der Waals surface area (Å²) in [5, 5.41) is 0. The van der Waals surface area contributed by atoms with Crippen LogP contribution < -0.4 is 0 Å². The van der Waals surface area contributed by atoms with Crippen LogP contribution in [-0.4, -0.2) is 0 Å². The van der Waals surface area contributed by atoms with Crippen LogP contribution in [0.2, 0.25) is 0 Å². The zero-order chi connectivity index (χ0) is 20.2. The van der Waals surface area contributed by atoms with Gasteiger partial charge in [0.1, 0.15) is 0 Å². The molecule has 4 aromatic rings. The van der Waals surface area contributed by atoms with Crippen LogP contribution in [-0.2, 0) is 6.42 Å². The summed E-state index contributed by atoms with van der Waals surface area (Å²) in [6.07, 6.45) is 0.821. The van der Waals surface area contributed by atoms with Crippen LogP contribution in [0.1, 0.15) is 16.7 Å². The van der Waals surface area contributed by atoms with E-state index in [0.29, 0.717) is 0 Å². The van der Waals surface area contributed by atoms with E-state index in [1.807, 2.05) is 0 Å². The van der Waals surface area contributed by atoms with Gasteiger partial charge in [0.15, 0.2) is 0 Å². The van der Waals surface area contributed by atoms with Gasteiger partial charge in [0.05, 0.1) is 0 Å². The molecule has 0 aliphatic heterocycles. The third-order valence-corrected chi connectivity index (χ3v) is 5.74. The molecule has 0 aliphatic carbocycles. The molecule has 0 N–H and O–H groups in total. The summed E-state index contributed by atoms with van der Waals surface area (Å²) >= 11 is 3.64. The second kappa shape index (κ2) is 8.63. The van der Waals surface area contributed by atoms with E-state index in [0.717, 1.165) is 16.5 Å². The van der Waals surface area contributed by atoms with E-state index in [4.69, 9.17) is 0 Å². The lowest BCUT2D eigenvalue weighted by molar-refractivity contribution is 1.28. The van der Waals surface area contributed by atoms with Crippen molar-refractivity contribution in [3.05, 3.63) is 125 Å². The van der Waals surface area contributed by atoms with Gasteiger partial charge in [-0.05, 0) is 70.0 Å². The normalized spacial score (nSPS) is 10.7. The van der Waals surface area contributed by atoms with Crippen molar-refractivity contribution in [1.82, 2.24) is 0 Å². The monoisotopic (exact) mass is 438 g/mol. The summed E-state index contributed by atoms with van der Waals surface area (Å²) in [4.78, 5) is 0. The lowest BCUT2D eigenvalue weighted by Gasteiger charge is -2.15. The van der Waals surface area contributed by atoms with Crippen molar-refractivity contribution in [2.45, 2.75) is 13.3 Å². The summed E-state index contributed by atoms with van der Waals surface area (Å²) in [7, 11) is 0. The number of hydrogen-bond acceptors (Lipinski definition) is 0. The molecule has 142 valence electrons. The van der Waals surface area contributed by atoms with Crippen LogP contribution in [0.4, 0.5) is 0 Å². The lowest BCUT2D eigenvalue weighted by atomic mass is 9.90. The van der Waals surface area contributed by atoms with Gasteiger partial charge in [-0.25, -0.2) is 0 Å². The molecule has 0 atom stereocenters. The van der Waals surface area contributed by atoms with Crippen LogP contribution in [0, 0.1) is 6.92 Å². The number of benzene rings is 4. The zero-order valence-corrected chi connectivity index (χ0v) is 18.1. The van der Waals surface area contributed by atoms with Gasteiger partial charge < -0.3 is 0 Å². The first-order valence-electron chi connectivity index (χ1n) is 9.80. The highest BCUT2D eigenvalue weighted by Crippen LogP contribution is 2.34. The van der Waals surface area contributed by atoms with Gasteiger partial charge >= 0.3 is 0 Å². The van der Waals surface area contributed by atoms with Crippen molar-refractivity contribution in [2.24, 2.45) is 0 Å². The highest BCUT2D eigenvalue weighted by Gasteiger charge is 2.12. The fraction of sp³-hybridized carbons (Fsp3) is 0.0714. The maximum absolute atomic E-state index is 4.45. The smallest absolute Gasteiger partial charge is 0.0181 e. The summed E-state index contributed by atoms with van der Waals surface area (Å²) in [5.41, 5.74) is 9.83. The van der Waals surface area contributed by atoms with Crippen molar-refractivity contribution in [2.75, 3.05) is 0 Å². The number of aryl methyl sites for hydroxylation is 1. The van der Waals surface area contributed by atoms with Gasteiger partial charge in [-0.15, -0.1) is 0 Å². The van der Waals surface area contributed by atoms with Gasteiger partial charge in [-0.1, -0.05) is 107 Å². The standard InChI is InChI=1S/C28H23Br/c1-20-9-6-7-14-26(20)28-19-25(29)15-16-27(28)21(2)17-22-10-8-13-24(18-22)23-11-4-3-5-12-23/h3-16,18-19H,2,17H2,1H3. The third-order valence-electron chi connectivity index (χ3n) is 5.25. The molecule has 4 aromatic carbocycles. The van der Waals surface area contributed by atoms with E-state index in [9.17, 15) is 0 Å². The molecule has 0 saturated carbocycles. The van der Waals surface area contributed by atoms with Crippen LogP contribution in [0.5, 0.6) is 0 Å². The Morgan fingerprint density at radius 3 is 2.24 bits per heavy atom. The van der Waals surface area contributed by atoms with Crippen LogP contribution in [0.25, 0.3) is 27.8 Å². The van der Waals surface area contributed by atoms with E-state index < -0.39 is 0 Å². The number of rotatable bonds is 5. The highest BCUT2D eigenvalue weighted by atomic mass is 79.9. The van der Waals surface area contributed by atoms with Crippen molar-refractivity contribution < 1.29 is 0 Å². The predicted molar refractivity (Wildman–Crippen MR) is 129 cm³/mol. The molecule has 0 spiro atoms. The van der Waals surface area contributed by atoms with Crippen LogP contribution >= 0.6 is 15.9 Å². The molecule has 0 nitrogen and oxygen atoms in total. The first-order chi connectivity index (χ1) is 14.1. The molecule has 0 unspecified atom stereocenters. The lowest BCUT2D eigenvalue weighted by Crippen LogP contribution is -1.95. The SMILES string of the molecule is C=C(Cc1cccc(-c2ccccc2)c1)c1ccc(Br)cc1-c1ccccc1C. The molecule has 29 heavy (non-hydrogen) atoms. The Morgan fingerprint density at radius 2 is 1.45 bits per heavy atom. The van der Waals surface area contributed by atoms with E-state index in [-0.39, 0.29) is 0 Å². The van der Waals surface area contributed by atoms with Crippen LogP contribution in [0.3, 0.4) is 0 Å². The van der Waals surface area contributed by atoms with Crippen molar-refractivity contribution in [1.29, 1.82) is 0 Å². The quantitative estimate of drug-likeness (QED) is 0.293. The molecule has 0 aromatic heterocycles. The molecule has 0 fully saturated rings. The first kappa shape index (κ1) is 19.4. The molecule has 0 amide bonds. The Hall–Kier alpha value is -2.90. The van der Waals surface area contributed by atoms with E-state index >= 15 is 0 Å². The first-order valence-corrected chi connectivity index (χ1v) is 10.6. The van der Waals surface area contributed by atoms with Gasteiger partial charge in [0, 0.05) is 4.47 Å². The Labute approximate surface area is 181 Å².